The fourth-order valence-corrected chi connectivity index (χ4v) is 2.53. The maximum atomic E-state index is 8.71. The van der Waals surface area contributed by atoms with Gasteiger partial charge < -0.3 is 10.2 Å². The number of nitrogens with zero attached hydrogens (tertiary/aromatic N) is 3. The van der Waals surface area contributed by atoms with E-state index in [-0.39, 0.29) is 0 Å². The average molecular weight is 266 g/mol. The van der Waals surface area contributed by atoms with E-state index in [1.807, 2.05) is 0 Å². The maximum absolute atomic E-state index is 8.71. The lowest BCUT2D eigenvalue weighted by Crippen LogP contribution is -2.28. The number of thiazole rings is 1. The van der Waals surface area contributed by atoms with Crippen molar-refractivity contribution in [1.82, 2.24) is 10.3 Å². The minimum absolute atomic E-state index is 0.550. The Kier molecular flexibility index (Phi) is 6.69. The highest BCUT2D eigenvalue weighted by Crippen LogP contribution is 2.21. The number of hydrogen-bond donors (Lipinski definition) is 1. The molecule has 0 amide bonds. The van der Waals surface area contributed by atoms with Crippen molar-refractivity contribution in [2.24, 2.45) is 5.92 Å². The van der Waals surface area contributed by atoms with Crippen LogP contribution in [0.1, 0.15) is 32.9 Å². The van der Waals surface area contributed by atoms with E-state index in [9.17, 15) is 0 Å². The van der Waals surface area contributed by atoms with Gasteiger partial charge in [-0.25, -0.2) is 4.98 Å². The van der Waals surface area contributed by atoms with Crippen LogP contribution >= 0.6 is 11.3 Å². The Bertz CT molecular complexity index is 381. The lowest BCUT2D eigenvalue weighted by molar-refractivity contribution is 0.610. The molecule has 0 saturated carbocycles. The van der Waals surface area contributed by atoms with Crippen molar-refractivity contribution in [3.8, 4) is 6.07 Å². The van der Waals surface area contributed by atoms with E-state index in [0.29, 0.717) is 12.3 Å². The summed E-state index contributed by atoms with van der Waals surface area (Å²) in [5.41, 5.74) is 1.09. The molecule has 0 aromatic carbocycles. The van der Waals surface area contributed by atoms with Gasteiger partial charge in [0.05, 0.1) is 18.2 Å². The van der Waals surface area contributed by atoms with Gasteiger partial charge in [0.25, 0.3) is 0 Å². The zero-order valence-electron chi connectivity index (χ0n) is 11.4. The molecular formula is C13H22N4S. The number of rotatable bonds is 8. The van der Waals surface area contributed by atoms with Gasteiger partial charge >= 0.3 is 0 Å². The number of hydrogen-bond acceptors (Lipinski definition) is 5. The van der Waals surface area contributed by atoms with E-state index < -0.39 is 0 Å². The Morgan fingerprint density at radius 3 is 2.94 bits per heavy atom. The smallest absolute Gasteiger partial charge is 0.185 e. The van der Waals surface area contributed by atoms with Crippen LogP contribution in [0.4, 0.5) is 5.13 Å². The summed E-state index contributed by atoms with van der Waals surface area (Å²) in [6, 6.07) is 2.21. The predicted octanol–water partition coefficient (Wildman–Crippen LogP) is 2.63. The third-order valence-electron chi connectivity index (χ3n) is 2.45. The van der Waals surface area contributed by atoms with Crippen LogP contribution in [-0.2, 0) is 6.54 Å². The van der Waals surface area contributed by atoms with Gasteiger partial charge in [-0.2, -0.15) is 5.26 Å². The summed E-state index contributed by atoms with van der Waals surface area (Å²) in [5, 5.41) is 15.1. The second-order valence-electron chi connectivity index (χ2n) is 4.65. The van der Waals surface area contributed by atoms with Crippen LogP contribution in [0.5, 0.6) is 0 Å². The van der Waals surface area contributed by atoms with Crippen molar-refractivity contribution in [3.63, 3.8) is 0 Å². The molecule has 1 N–H and O–H groups in total. The van der Waals surface area contributed by atoms with Crippen molar-refractivity contribution in [2.75, 3.05) is 24.5 Å². The molecule has 1 rings (SSSR count). The first-order valence-corrected chi connectivity index (χ1v) is 7.32. The molecule has 100 valence electrons. The molecule has 0 saturated heterocycles. The Morgan fingerprint density at radius 2 is 2.33 bits per heavy atom. The number of nitrogens with one attached hydrogen (secondary N) is 1. The predicted molar refractivity (Wildman–Crippen MR) is 76.8 cm³/mol. The fourth-order valence-electron chi connectivity index (χ4n) is 1.67. The van der Waals surface area contributed by atoms with Crippen LogP contribution in [0.15, 0.2) is 5.38 Å². The number of anilines is 1. The Labute approximate surface area is 114 Å². The summed E-state index contributed by atoms with van der Waals surface area (Å²) in [6.45, 7) is 9.96. The Hall–Kier alpha value is -1.12. The molecule has 0 spiro atoms. The van der Waals surface area contributed by atoms with Gasteiger partial charge in [-0.05, 0) is 12.5 Å². The van der Waals surface area contributed by atoms with E-state index >= 15 is 0 Å². The van der Waals surface area contributed by atoms with Gasteiger partial charge in [-0.15, -0.1) is 11.3 Å². The van der Waals surface area contributed by atoms with Gasteiger partial charge in [-0.1, -0.05) is 20.8 Å². The van der Waals surface area contributed by atoms with Crippen LogP contribution in [0, 0.1) is 17.2 Å². The summed E-state index contributed by atoms with van der Waals surface area (Å²) < 4.78 is 0. The third-order valence-corrected chi connectivity index (χ3v) is 3.40. The minimum atomic E-state index is 0.550. The van der Waals surface area contributed by atoms with E-state index in [1.165, 1.54) is 0 Å². The molecule has 0 radical (unpaired) electrons. The van der Waals surface area contributed by atoms with E-state index in [1.54, 1.807) is 11.3 Å². The zero-order valence-corrected chi connectivity index (χ0v) is 12.3. The van der Waals surface area contributed by atoms with Crippen molar-refractivity contribution in [3.05, 3.63) is 11.1 Å². The van der Waals surface area contributed by atoms with Gasteiger partial charge in [0, 0.05) is 25.0 Å². The molecular weight excluding hydrogens is 244 g/mol. The molecule has 0 aliphatic carbocycles. The monoisotopic (exact) mass is 266 g/mol. The SMILES string of the molecule is CCNCc1csc(N(CCC#N)CC(C)C)n1. The van der Waals surface area contributed by atoms with Gasteiger partial charge in [0.1, 0.15) is 0 Å². The molecule has 0 atom stereocenters. The van der Waals surface area contributed by atoms with Crippen LogP contribution < -0.4 is 10.2 Å². The zero-order chi connectivity index (χ0) is 13.4. The minimum Gasteiger partial charge on any atom is -0.347 e. The first-order chi connectivity index (χ1) is 8.67. The highest BCUT2D eigenvalue weighted by molar-refractivity contribution is 7.13. The molecule has 4 nitrogen and oxygen atoms in total. The van der Waals surface area contributed by atoms with Gasteiger partial charge in [0.2, 0.25) is 0 Å². The van der Waals surface area contributed by atoms with E-state index in [2.05, 4.69) is 47.4 Å². The van der Waals surface area contributed by atoms with Crippen LogP contribution in [0.3, 0.4) is 0 Å². The van der Waals surface area contributed by atoms with Crippen molar-refractivity contribution in [1.29, 1.82) is 5.26 Å². The molecule has 0 aliphatic rings. The molecule has 1 heterocycles. The van der Waals surface area contributed by atoms with Crippen LogP contribution in [0.25, 0.3) is 0 Å². The normalized spacial score (nSPS) is 10.6. The largest absolute Gasteiger partial charge is 0.347 e. The molecule has 0 aliphatic heterocycles. The standard InChI is InChI=1S/C13H22N4S/c1-4-15-8-12-10-18-13(16-12)17(7-5-6-14)9-11(2)3/h10-11,15H,4-5,7-9H2,1-3H3. The molecule has 18 heavy (non-hydrogen) atoms. The van der Waals surface area contributed by atoms with Crippen molar-refractivity contribution in [2.45, 2.75) is 33.7 Å². The fraction of sp³-hybridized carbons (Fsp3) is 0.692. The molecule has 0 fully saturated rings. The topological polar surface area (TPSA) is 52.0 Å². The summed E-state index contributed by atoms with van der Waals surface area (Å²) in [4.78, 5) is 6.84. The van der Waals surface area contributed by atoms with E-state index in [4.69, 9.17) is 5.26 Å². The summed E-state index contributed by atoms with van der Waals surface area (Å²) in [6.07, 6.45) is 0.550. The summed E-state index contributed by atoms with van der Waals surface area (Å²) in [7, 11) is 0. The van der Waals surface area contributed by atoms with Crippen LogP contribution in [-0.4, -0.2) is 24.6 Å². The summed E-state index contributed by atoms with van der Waals surface area (Å²) in [5.74, 6) is 0.574. The lowest BCUT2D eigenvalue weighted by atomic mass is 10.2. The summed E-state index contributed by atoms with van der Waals surface area (Å²) >= 11 is 1.67. The maximum Gasteiger partial charge on any atom is 0.185 e. The van der Waals surface area contributed by atoms with Crippen molar-refractivity contribution < 1.29 is 0 Å². The lowest BCUT2D eigenvalue weighted by Gasteiger charge is -2.22. The quantitative estimate of drug-likeness (QED) is 0.786. The number of nitriles is 1. The van der Waals surface area contributed by atoms with Crippen molar-refractivity contribution >= 4 is 16.5 Å². The molecule has 0 unspecified atom stereocenters. The second-order valence-corrected chi connectivity index (χ2v) is 5.49. The molecule has 0 bridgehead atoms. The molecule has 1 aromatic rings. The second kappa shape index (κ2) is 8.06. The van der Waals surface area contributed by atoms with Gasteiger partial charge in [0.15, 0.2) is 5.13 Å². The Morgan fingerprint density at radius 1 is 1.56 bits per heavy atom. The highest BCUT2D eigenvalue weighted by atomic mass is 32.1. The van der Waals surface area contributed by atoms with E-state index in [0.717, 1.165) is 37.0 Å². The highest BCUT2D eigenvalue weighted by Gasteiger charge is 2.12. The average Bonchev–Trinajstić information content (AvgIpc) is 2.80. The number of aromatic nitrogens is 1. The first-order valence-electron chi connectivity index (χ1n) is 6.44. The van der Waals surface area contributed by atoms with Gasteiger partial charge in [-0.3, -0.25) is 0 Å². The first kappa shape index (κ1) is 14.9. The Balaban J connectivity index is 2.65. The van der Waals surface area contributed by atoms with Crippen LogP contribution in [0.2, 0.25) is 0 Å². The molecule has 1 aromatic heterocycles. The molecule has 5 heteroatoms. The third kappa shape index (κ3) is 5.03.